The van der Waals surface area contributed by atoms with Crippen molar-refractivity contribution in [2.45, 2.75) is 45.5 Å². The average Bonchev–Trinajstić information content (AvgIpc) is 2.87. The second-order valence-corrected chi connectivity index (χ2v) is 7.24. The number of nitrogens with zero attached hydrogens (tertiary/aromatic N) is 1. The molecule has 0 saturated carbocycles. The maximum atomic E-state index is 13.2. The second-order valence-electron chi connectivity index (χ2n) is 6.38. The molecule has 4 nitrogen and oxygen atoms in total. The van der Waals surface area contributed by atoms with E-state index in [9.17, 15) is 9.18 Å². The molecule has 1 saturated heterocycles. The summed E-state index contributed by atoms with van der Waals surface area (Å²) in [5.41, 5.74) is 0.262. The first-order chi connectivity index (χ1) is 10.2. The molecule has 122 valence electrons. The summed E-state index contributed by atoms with van der Waals surface area (Å²) in [6.45, 7) is 6.96. The van der Waals surface area contributed by atoms with Crippen molar-refractivity contribution in [3.05, 3.63) is 34.1 Å². The fourth-order valence-corrected chi connectivity index (χ4v) is 2.58. The maximum Gasteiger partial charge on any atom is 0.410 e. The van der Waals surface area contributed by atoms with Crippen molar-refractivity contribution >= 4 is 22.0 Å². The normalized spacial score (nSPS) is 18.6. The van der Waals surface area contributed by atoms with E-state index >= 15 is 0 Å². The Morgan fingerprint density at radius 2 is 2.18 bits per heavy atom. The number of rotatable bonds is 3. The Balaban J connectivity index is 1.84. The molecule has 0 spiro atoms. The zero-order valence-corrected chi connectivity index (χ0v) is 14.7. The van der Waals surface area contributed by atoms with Crippen molar-refractivity contribution in [2.24, 2.45) is 0 Å². The van der Waals surface area contributed by atoms with Crippen LogP contribution in [0.5, 0.6) is 0 Å². The lowest BCUT2D eigenvalue weighted by Crippen LogP contribution is -2.36. The van der Waals surface area contributed by atoms with Crippen LogP contribution in [0.3, 0.4) is 0 Å². The van der Waals surface area contributed by atoms with Gasteiger partial charge in [-0.15, -0.1) is 0 Å². The van der Waals surface area contributed by atoms with E-state index in [0.717, 1.165) is 16.5 Å². The van der Waals surface area contributed by atoms with Crippen LogP contribution in [0.2, 0.25) is 0 Å². The predicted octanol–water partition coefficient (Wildman–Crippen LogP) is 4.11. The van der Waals surface area contributed by atoms with Crippen LogP contribution in [0.4, 0.5) is 9.18 Å². The number of carbonyl (C=O) groups is 1. The largest absolute Gasteiger partial charge is 0.444 e. The number of ether oxygens (including phenoxy) is 2. The van der Waals surface area contributed by atoms with Gasteiger partial charge in [0.15, 0.2) is 0 Å². The van der Waals surface area contributed by atoms with Gasteiger partial charge in [-0.25, -0.2) is 9.18 Å². The van der Waals surface area contributed by atoms with Gasteiger partial charge < -0.3 is 14.4 Å². The standard InChI is InChI=1S/C16H21BrFNO3/c1-16(2,3)22-15(20)19-7-6-13(9-19)21-10-11-8-12(18)4-5-14(11)17/h4-5,8,13H,6-7,9-10H2,1-3H3/t13-/m1/s1. The highest BCUT2D eigenvalue weighted by Gasteiger charge is 2.30. The highest BCUT2D eigenvalue weighted by molar-refractivity contribution is 9.10. The molecule has 6 heteroatoms. The van der Waals surface area contributed by atoms with E-state index in [1.807, 2.05) is 20.8 Å². The topological polar surface area (TPSA) is 38.8 Å². The van der Waals surface area contributed by atoms with E-state index in [1.54, 1.807) is 11.0 Å². The Hall–Kier alpha value is -1.14. The number of likely N-dealkylation sites (tertiary alicyclic amines) is 1. The van der Waals surface area contributed by atoms with Gasteiger partial charge >= 0.3 is 6.09 Å². The zero-order valence-electron chi connectivity index (χ0n) is 13.1. The summed E-state index contributed by atoms with van der Waals surface area (Å²) >= 11 is 3.38. The van der Waals surface area contributed by atoms with Crippen LogP contribution in [0, 0.1) is 5.82 Å². The summed E-state index contributed by atoms with van der Waals surface area (Å²) < 4.78 is 25.2. The third-order valence-electron chi connectivity index (χ3n) is 3.28. The Morgan fingerprint density at radius 1 is 1.45 bits per heavy atom. The van der Waals surface area contributed by atoms with Crippen LogP contribution in [0.25, 0.3) is 0 Å². The number of carbonyl (C=O) groups excluding carboxylic acids is 1. The fourth-order valence-electron chi connectivity index (χ4n) is 2.22. The lowest BCUT2D eigenvalue weighted by molar-refractivity contribution is 0.0183. The third kappa shape index (κ3) is 4.95. The molecule has 1 aliphatic rings. The lowest BCUT2D eigenvalue weighted by Gasteiger charge is -2.24. The summed E-state index contributed by atoms with van der Waals surface area (Å²) in [5.74, 6) is -0.288. The number of amides is 1. The van der Waals surface area contributed by atoms with E-state index in [2.05, 4.69) is 15.9 Å². The molecule has 1 aliphatic heterocycles. The molecule has 1 amide bonds. The molecular formula is C16H21BrFNO3. The molecule has 0 radical (unpaired) electrons. The first kappa shape index (κ1) is 17.2. The molecule has 1 aromatic carbocycles. The molecule has 1 fully saturated rings. The van der Waals surface area contributed by atoms with E-state index in [1.165, 1.54) is 12.1 Å². The van der Waals surface area contributed by atoms with E-state index in [0.29, 0.717) is 19.7 Å². The highest BCUT2D eigenvalue weighted by Crippen LogP contribution is 2.22. The molecule has 1 aromatic rings. The summed E-state index contributed by atoms with van der Waals surface area (Å²) in [6.07, 6.45) is 0.389. The smallest absolute Gasteiger partial charge is 0.410 e. The maximum absolute atomic E-state index is 13.2. The Bertz CT molecular complexity index is 545. The van der Waals surface area contributed by atoms with Crippen LogP contribution < -0.4 is 0 Å². The van der Waals surface area contributed by atoms with Gasteiger partial charge in [-0.3, -0.25) is 0 Å². The van der Waals surface area contributed by atoms with Crippen molar-refractivity contribution in [3.8, 4) is 0 Å². The minimum absolute atomic E-state index is 0.0531. The molecule has 0 aromatic heterocycles. The Morgan fingerprint density at radius 3 is 2.86 bits per heavy atom. The summed E-state index contributed by atoms with van der Waals surface area (Å²) in [6, 6.07) is 4.51. The minimum Gasteiger partial charge on any atom is -0.444 e. The Labute approximate surface area is 138 Å². The van der Waals surface area contributed by atoms with Crippen molar-refractivity contribution in [3.63, 3.8) is 0 Å². The van der Waals surface area contributed by atoms with Crippen molar-refractivity contribution in [2.75, 3.05) is 13.1 Å². The van der Waals surface area contributed by atoms with E-state index in [4.69, 9.17) is 9.47 Å². The molecule has 0 bridgehead atoms. The Kier molecular flexibility index (Phi) is 5.45. The summed E-state index contributed by atoms with van der Waals surface area (Å²) in [5, 5.41) is 0. The first-order valence-corrected chi connectivity index (χ1v) is 8.07. The van der Waals surface area contributed by atoms with Gasteiger partial charge in [0.05, 0.1) is 19.3 Å². The van der Waals surface area contributed by atoms with Gasteiger partial charge in [0, 0.05) is 11.0 Å². The van der Waals surface area contributed by atoms with Gasteiger partial charge in [0.1, 0.15) is 11.4 Å². The van der Waals surface area contributed by atoms with Crippen LogP contribution in [-0.4, -0.2) is 35.8 Å². The van der Waals surface area contributed by atoms with Gasteiger partial charge in [-0.05, 0) is 51.0 Å². The second kappa shape index (κ2) is 6.96. The van der Waals surface area contributed by atoms with Crippen LogP contribution >= 0.6 is 15.9 Å². The third-order valence-corrected chi connectivity index (χ3v) is 4.05. The minimum atomic E-state index is -0.498. The molecule has 0 aliphatic carbocycles. The van der Waals surface area contributed by atoms with Crippen molar-refractivity contribution in [1.29, 1.82) is 0 Å². The SMILES string of the molecule is CC(C)(C)OC(=O)N1CC[C@@H](OCc2cc(F)ccc2Br)C1. The molecular weight excluding hydrogens is 353 g/mol. The summed E-state index contributed by atoms with van der Waals surface area (Å²) in [7, 11) is 0. The van der Waals surface area contributed by atoms with Gasteiger partial charge in [-0.1, -0.05) is 15.9 Å². The zero-order chi connectivity index (χ0) is 16.3. The number of benzene rings is 1. The first-order valence-electron chi connectivity index (χ1n) is 7.28. The van der Waals surface area contributed by atoms with Crippen LogP contribution in [-0.2, 0) is 16.1 Å². The molecule has 0 N–H and O–H groups in total. The van der Waals surface area contributed by atoms with Crippen LogP contribution in [0.15, 0.2) is 22.7 Å². The quantitative estimate of drug-likeness (QED) is 0.799. The number of halogens is 2. The lowest BCUT2D eigenvalue weighted by atomic mass is 10.2. The molecule has 2 rings (SSSR count). The average molecular weight is 374 g/mol. The molecule has 0 unspecified atom stereocenters. The van der Waals surface area contributed by atoms with Gasteiger partial charge in [0.2, 0.25) is 0 Å². The van der Waals surface area contributed by atoms with Crippen molar-refractivity contribution < 1.29 is 18.7 Å². The monoisotopic (exact) mass is 373 g/mol. The number of hydrogen-bond acceptors (Lipinski definition) is 3. The van der Waals surface area contributed by atoms with E-state index in [-0.39, 0.29) is 18.0 Å². The summed E-state index contributed by atoms with van der Waals surface area (Å²) in [4.78, 5) is 13.6. The van der Waals surface area contributed by atoms with Gasteiger partial charge in [0.25, 0.3) is 0 Å². The van der Waals surface area contributed by atoms with E-state index < -0.39 is 5.60 Å². The van der Waals surface area contributed by atoms with Gasteiger partial charge in [-0.2, -0.15) is 0 Å². The fraction of sp³-hybridized carbons (Fsp3) is 0.562. The van der Waals surface area contributed by atoms with Crippen molar-refractivity contribution in [1.82, 2.24) is 4.90 Å². The highest BCUT2D eigenvalue weighted by atomic mass is 79.9. The molecule has 1 heterocycles. The number of hydrogen-bond donors (Lipinski definition) is 0. The predicted molar refractivity (Wildman–Crippen MR) is 85.1 cm³/mol. The van der Waals surface area contributed by atoms with Crippen LogP contribution in [0.1, 0.15) is 32.8 Å². The molecule has 22 heavy (non-hydrogen) atoms. The molecule has 1 atom stereocenters.